The number of amides is 2. The second-order valence-electron chi connectivity index (χ2n) is 8.47. The molecule has 0 fully saturated rings. The van der Waals surface area contributed by atoms with Crippen LogP contribution in [0, 0.1) is 6.92 Å². The average Bonchev–Trinajstić information content (AvgIpc) is 2.82. The molecule has 2 aromatic carbocycles. The van der Waals surface area contributed by atoms with Gasteiger partial charge in [0.1, 0.15) is 6.04 Å². The molecule has 7 nitrogen and oxygen atoms in total. The highest BCUT2D eigenvalue weighted by Gasteiger charge is 2.28. The largest absolute Gasteiger partial charge is 0.354 e. The Kier molecular flexibility index (Phi) is 10.7. The van der Waals surface area contributed by atoms with Crippen molar-refractivity contribution in [2.75, 3.05) is 20.1 Å². The number of hydrogen-bond donors (Lipinski definition) is 1. The van der Waals surface area contributed by atoms with Gasteiger partial charge in [-0.2, -0.15) is 0 Å². The van der Waals surface area contributed by atoms with Gasteiger partial charge in [-0.05, 0) is 43.9 Å². The molecule has 0 bridgehead atoms. The van der Waals surface area contributed by atoms with E-state index in [2.05, 4.69) is 5.32 Å². The van der Waals surface area contributed by atoms with Gasteiger partial charge in [0.15, 0.2) is 0 Å². The molecule has 0 radical (unpaired) electrons. The van der Waals surface area contributed by atoms with Gasteiger partial charge in [0.25, 0.3) is 0 Å². The lowest BCUT2D eigenvalue weighted by atomic mass is 10.1. The maximum Gasteiger partial charge on any atom is 0.242 e. The van der Waals surface area contributed by atoms with E-state index >= 15 is 0 Å². The van der Waals surface area contributed by atoms with Gasteiger partial charge in [0.05, 0.1) is 4.90 Å². The third-order valence-electron chi connectivity index (χ3n) is 5.69. The van der Waals surface area contributed by atoms with Crippen LogP contribution < -0.4 is 5.32 Å². The van der Waals surface area contributed by atoms with E-state index < -0.39 is 16.1 Å². The Balaban J connectivity index is 2.11. The summed E-state index contributed by atoms with van der Waals surface area (Å²) < 4.78 is 26.7. The number of nitrogens with zero attached hydrogens (tertiary/aromatic N) is 2. The molecule has 0 heterocycles. The summed E-state index contributed by atoms with van der Waals surface area (Å²) in [5.41, 5.74) is 2.04. The van der Waals surface area contributed by atoms with E-state index in [9.17, 15) is 18.0 Å². The highest BCUT2D eigenvalue weighted by Crippen LogP contribution is 2.17. The molecule has 0 spiro atoms. The standard InChI is InChI=1S/C26H37N3O4S/c1-5-17-27-26(31)24(6-2)29(20-22-13-10-12-21(3)19-22)25(30)16-11-18-28(4)34(32,33)23-14-8-7-9-15-23/h7-10,12-15,19,24H,5-6,11,16-18,20H2,1-4H3,(H,27,31)/t24-/m1/s1. The number of nitrogens with one attached hydrogen (secondary N) is 1. The second-order valence-corrected chi connectivity index (χ2v) is 10.5. The van der Waals surface area contributed by atoms with Crippen molar-refractivity contribution in [2.45, 2.75) is 63.9 Å². The first-order valence-electron chi connectivity index (χ1n) is 11.8. The first kappa shape index (κ1) is 27.5. The number of hydrogen-bond acceptors (Lipinski definition) is 4. The fourth-order valence-electron chi connectivity index (χ4n) is 3.78. The van der Waals surface area contributed by atoms with E-state index in [0.29, 0.717) is 25.9 Å². The summed E-state index contributed by atoms with van der Waals surface area (Å²) in [4.78, 5) is 28.0. The van der Waals surface area contributed by atoms with Crippen LogP contribution in [-0.4, -0.2) is 55.6 Å². The van der Waals surface area contributed by atoms with Crippen LogP contribution >= 0.6 is 0 Å². The van der Waals surface area contributed by atoms with E-state index in [1.807, 2.05) is 45.0 Å². The van der Waals surface area contributed by atoms with Crippen LogP contribution in [0.25, 0.3) is 0 Å². The SMILES string of the molecule is CCCNC(=O)[C@@H](CC)N(Cc1cccc(C)c1)C(=O)CCCN(C)S(=O)(=O)c1ccccc1. The van der Waals surface area contributed by atoms with E-state index in [0.717, 1.165) is 17.5 Å². The van der Waals surface area contributed by atoms with E-state index in [1.165, 1.54) is 11.4 Å². The Morgan fingerprint density at radius 2 is 1.74 bits per heavy atom. The van der Waals surface area contributed by atoms with Gasteiger partial charge >= 0.3 is 0 Å². The van der Waals surface area contributed by atoms with Crippen molar-refractivity contribution in [3.8, 4) is 0 Å². The molecule has 0 aliphatic rings. The number of rotatable bonds is 13. The lowest BCUT2D eigenvalue weighted by Gasteiger charge is -2.31. The molecule has 0 aliphatic heterocycles. The molecule has 0 aromatic heterocycles. The molecule has 2 aromatic rings. The van der Waals surface area contributed by atoms with Gasteiger partial charge in [-0.1, -0.05) is 61.9 Å². The molecule has 34 heavy (non-hydrogen) atoms. The summed E-state index contributed by atoms with van der Waals surface area (Å²) in [5.74, 6) is -0.320. The average molecular weight is 488 g/mol. The van der Waals surface area contributed by atoms with E-state index in [4.69, 9.17) is 0 Å². The third-order valence-corrected chi connectivity index (χ3v) is 7.56. The number of carbonyl (C=O) groups is 2. The quantitative estimate of drug-likeness (QED) is 0.466. The van der Waals surface area contributed by atoms with Crippen molar-refractivity contribution in [1.29, 1.82) is 0 Å². The van der Waals surface area contributed by atoms with Gasteiger partial charge in [0, 0.05) is 33.1 Å². The molecule has 1 N–H and O–H groups in total. The topological polar surface area (TPSA) is 86.8 Å². The molecule has 2 rings (SSSR count). The third kappa shape index (κ3) is 7.67. The minimum Gasteiger partial charge on any atom is -0.354 e. The predicted molar refractivity (Wildman–Crippen MR) is 135 cm³/mol. The van der Waals surface area contributed by atoms with Crippen molar-refractivity contribution >= 4 is 21.8 Å². The highest BCUT2D eigenvalue weighted by molar-refractivity contribution is 7.89. The van der Waals surface area contributed by atoms with Crippen LogP contribution in [0.1, 0.15) is 50.7 Å². The maximum absolute atomic E-state index is 13.3. The molecule has 1 atom stereocenters. The van der Waals surface area contributed by atoms with Crippen LogP contribution in [0.2, 0.25) is 0 Å². The summed E-state index contributed by atoms with van der Waals surface area (Å²) in [5, 5.41) is 2.91. The molecule has 186 valence electrons. The summed E-state index contributed by atoms with van der Waals surface area (Å²) in [6.45, 7) is 6.97. The zero-order valence-electron chi connectivity index (χ0n) is 20.7. The first-order chi connectivity index (χ1) is 16.2. The molecular weight excluding hydrogens is 450 g/mol. The Morgan fingerprint density at radius 1 is 1.03 bits per heavy atom. The van der Waals surface area contributed by atoms with Crippen LogP contribution in [0.5, 0.6) is 0 Å². The second kappa shape index (κ2) is 13.2. The van der Waals surface area contributed by atoms with E-state index in [-0.39, 0.29) is 29.7 Å². The summed E-state index contributed by atoms with van der Waals surface area (Å²) in [7, 11) is -2.09. The summed E-state index contributed by atoms with van der Waals surface area (Å²) in [6, 6.07) is 15.6. The Hall–Kier alpha value is -2.71. The molecule has 0 saturated heterocycles. The summed E-state index contributed by atoms with van der Waals surface area (Å²) in [6.07, 6.45) is 1.82. The summed E-state index contributed by atoms with van der Waals surface area (Å²) >= 11 is 0. The van der Waals surface area contributed by atoms with Gasteiger partial charge in [0.2, 0.25) is 21.8 Å². The normalized spacial score (nSPS) is 12.4. The van der Waals surface area contributed by atoms with Gasteiger partial charge in [-0.3, -0.25) is 9.59 Å². The highest BCUT2D eigenvalue weighted by atomic mass is 32.2. The Bertz CT molecular complexity index is 1040. The van der Waals surface area contributed by atoms with Gasteiger partial charge in [-0.25, -0.2) is 12.7 Å². The number of aryl methyl sites for hydroxylation is 1. The lowest BCUT2D eigenvalue weighted by Crippen LogP contribution is -2.49. The van der Waals surface area contributed by atoms with E-state index in [1.54, 1.807) is 35.2 Å². The van der Waals surface area contributed by atoms with Gasteiger partial charge < -0.3 is 10.2 Å². The predicted octanol–water partition coefficient (Wildman–Crippen LogP) is 3.73. The number of benzene rings is 2. The minimum atomic E-state index is -3.61. The molecular formula is C26H37N3O4S. The van der Waals surface area contributed by atoms with Crippen LogP contribution in [0.4, 0.5) is 0 Å². The van der Waals surface area contributed by atoms with Crippen molar-refractivity contribution in [3.63, 3.8) is 0 Å². The van der Waals surface area contributed by atoms with Crippen molar-refractivity contribution in [2.24, 2.45) is 0 Å². The molecule has 8 heteroatoms. The van der Waals surface area contributed by atoms with Gasteiger partial charge in [-0.15, -0.1) is 0 Å². The fourth-order valence-corrected chi connectivity index (χ4v) is 5.01. The molecule has 0 saturated carbocycles. The van der Waals surface area contributed by atoms with Crippen LogP contribution in [0.15, 0.2) is 59.5 Å². The smallest absolute Gasteiger partial charge is 0.242 e. The molecule has 2 amide bonds. The van der Waals surface area contributed by atoms with Crippen molar-refractivity contribution < 1.29 is 18.0 Å². The van der Waals surface area contributed by atoms with Crippen LogP contribution in [0.3, 0.4) is 0 Å². The fraction of sp³-hybridized carbons (Fsp3) is 0.462. The number of carbonyl (C=O) groups excluding carboxylic acids is 2. The maximum atomic E-state index is 13.3. The van der Waals surface area contributed by atoms with Crippen molar-refractivity contribution in [1.82, 2.24) is 14.5 Å². The zero-order valence-corrected chi connectivity index (χ0v) is 21.5. The first-order valence-corrected chi connectivity index (χ1v) is 13.3. The zero-order chi connectivity index (χ0) is 25.1. The minimum absolute atomic E-state index is 0.151. The lowest BCUT2D eigenvalue weighted by molar-refractivity contribution is -0.141. The molecule has 0 aliphatic carbocycles. The van der Waals surface area contributed by atoms with Crippen LogP contribution in [-0.2, 0) is 26.2 Å². The Labute approximate surface area is 204 Å². The monoisotopic (exact) mass is 487 g/mol. The number of sulfonamides is 1. The molecule has 0 unspecified atom stereocenters. The Morgan fingerprint density at radius 3 is 2.35 bits per heavy atom. The van der Waals surface area contributed by atoms with Crippen molar-refractivity contribution in [3.05, 3.63) is 65.7 Å².